The summed E-state index contributed by atoms with van der Waals surface area (Å²) in [6.45, 7) is 2.69. The van der Waals surface area contributed by atoms with Gasteiger partial charge >= 0.3 is 0 Å². The Kier molecular flexibility index (Phi) is 5.12. The molecule has 154 valence electrons. The highest BCUT2D eigenvalue weighted by Gasteiger charge is 2.29. The Balaban J connectivity index is 1.26. The summed E-state index contributed by atoms with van der Waals surface area (Å²) in [4.78, 5) is 43.0. The van der Waals surface area contributed by atoms with E-state index in [2.05, 4.69) is 14.9 Å². The van der Waals surface area contributed by atoms with E-state index in [-0.39, 0.29) is 23.3 Å². The lowest BCUT2D eigenvalue weighted by molar-refractivity contribution is -0.128. The summed E-state index contributed by atoms with van der Waals surface area (Å²) < 4.78 is 1.78. The smallest absolute Gasteiger partial charge is 0.262 e. The molecule has 0 unspecified atom stereocenters. The van der Waals surface area contributed by atoms with E-state index in [0.29, 0.717) is 48.2 Å². The van der Waals surface area contributed by atoms with E-state index in [1.807, 2.05) is 29.2 Å². The normalized spacial score (nSPS) is 16.8. The van der Waals surface area contributed by atoms with E-state index in [9.17, 15) is 9.59 Å². The minimum absolute atomic E-state index is 0.00507. The van der Waals surface area contributed by atoms with Crippen LogP contribution < -0.4 is 10.5 Å². The summed E-state index contributed by atoms with van der Waals surface area (Å²) in [5, 5.41) is 1.28. The van der Waals surface area contributed by atoms with Crippen LogP contribution in [0.15, 0.2) is 52.7 Å². The molecule has 1 saturated heterocycles. The number of rotatable bonds is 5. The van der Waals surface area contributed by atoms with Crippen molar-refractivity contribution in [3.8, 4) is 0 Å². The predicted molar refractivity (Wildman–Crippen MR) is 116 cm³/mol. The quantitative estimate of drug-likeness (QED) is 0.459. The van der Waals surface area contributed by atoms with Crippen molar-refractivity contribution >= 4 is 34.5 Å². The first-order chi connectivity index (χ1) is 14.7. The number of hydrogen-bond acceptors (Lipinski definition) is 7. The molecule has 5 rings (SSSR count). The average molecular weight is 423 g/mol. The van der Waals surface area contributed by atoms with Crippen molar-refractivity contribution in [2.24, 2.45) is 0 Å². The number of hydrogen-bond donors (Lipinski definition) is 0. The maximum absolute atomic E-state index is 12.9. The van der Waals surface area contributed by atoms with Gasteiger partial charge in [-0.3, -0.25) is 14.2 Å². The molecule has 2 aliphatic rings. The van der Waals surface area contributed by atoms with E-state index in [1.54, 1.807) is 23.0 Å². The molecule has 0 bridgehead atoms. The Morgan fingerprint density at radius 1 is 1.03 bits per heavy atom. The van der Waals surface area contributed by atoms with Gasteiger partial charge < -0.3 is 9.80 Å². The molecule has 0 N–H and O–H groups in total. The molecule has 2 aromatic heterocycles. The van der Waals surface area contributed by atoms with E-state index in [1.165, 1.54) is 11.8 Å². The summed E-state index contributed by atoms with van der Waals surface area (Å²) in [6.07, 6.45) is 5.44. The molecule has 1 aliphatic heterocycles. The minimum Gasteiger partial charge on any atom is -0.338 e. The third-order valence-electron chi connectivity index (χ3n) is 5.48. The van der Waals surface area contributed by atoms with E-state index in [4.69, 9.17) is 4.98 Å². The molecule has 3 heterocycles. The van der Waals surface area contributed by atoms with Crippen molar-refractivity contribution in [1.82, 2.24) is 24.4 Å². The SMILES string of the molecule is O=C(CSc1nc2ccccc2c(=O)n1C1CC1)N1CCN(c2ncccn2)CC1. The van der Waals surface area contributed by atoms with E-state index < -0.39 is 0 Å². The van der Waals surface area contributed by atoms with Gasteiger partial charge in [0.25, 0.3) is 5.56 Å². The summed E-state index contributed by atoms with van der Waals surface area (Å²) in [6, 6.07) is 9.42. The fraction of sp³-hybridized carbons (Fsp3) is 0.381. The zero-order valence-corrected chi connectivity index (χ0v) is 17.3. The Morgan fingerprint density at radius 2 is 1.77 bits per heavy atom. The molecule has 2 fully saturated rings. The number of para-hydroxylation sites is 1. The molecule has 1 saturated carbocycles. The summed E-state index contributed by atoms with van der Waals surface area (Å²) in [5.74, 6) is 1.05. The number of amides is 1. The Labute approximate surface area is 177 Å². The monoisotopic (exact) mass is 422 g/mol. The second-order valence-electron chi connectivity index (χ2n) is 7.52. The van der Waals surface area contributed by atoms with Crippen molar-refractivity contribution in [3.63, 3.8) is 0 Å². The first-order valence-corrected chi connectivity index (χ1v) is 11.1. The molecule has 0 atom stereocenters. The van der Waals surface area contributed by atoms with Crippen molar-refractivity contribution in [1.29, 1.82) is 0 Å². The van der Waals surface area contributed by atoms with Crippen molar-refractivity contribution in [2.45, 2.75) is 24.0 Å². The van der Waals surface area contributed by atoms with Gasteiger partial charge in [0.05, 0.1) is 16.7 Å². The maximum Gasteiger partial charge on any atom is 0.262 e. The zero-order chi connectivity index (χ0) is 20.5. The van der Waals surface area contributed by atoms with Crippen LogP contribution in [-0.4, -0.2) is 62.3 Å². The molecule has 1 aromatic carbocycles. The van der Waals surface area contributed by atoms with Crippen LogP contribution in [0.5, 0.6) is 0 Å². The Hall–Kier alpha value is -2.94. The third kappa shape index (κ3) is 3.77. The molecule has 8 nitrogen and oxygen atoms in total. The lowest BCUT2D eigenvalue weighted by Crippen LogP contribution is -2.49. The number of thioether (sulfide) groups is 1. The molecule has 1 aliphatic carbocycles. The molecular weight excluding hydrogens is 400 g/mol. The van der Waals surface area contributed by atoms with Gasteiger partial charge in [0.15, 0.2) is 5.16 Å². The number of aromatic nitrogens is 4. The highest BCUT2D eigenvalue weighted by molar-refractivity contribution is 7.99. The van der Waals surface area contributed by atoms with Crippen LogP contribution in [-0.2, 0) is 4.79 Å². The number of piperazine rings is 1. The second kappa shape index (κ2) is 8.06. The van der Waals surface area contributed by atoms with Crippen LogP contribution in [0.2, 0.25) is 0 Å². The summed E-state index contributed by atoms with van der Waals surface area (Å²) in [5.41, 5.74) is 0.681. The summed E-state index contributed by atoms with van der Waals surface area (Å²) in [7, 11) is 0. The molecule has 1 amide bonds. The highest BCUT2D eigenvalue weighted by atomic mass is 32.2. The Bertz CT molecular complexity index is 1120. The topological polar surface area (TPSA) is 84.2 Å². The van der Waals surface area contributed by atoms with Gasteiger partial charge in [-0.2, -0.15) is 0 Å². The first kappa shape index (κ1) is 19.0. The summed E-state index contributed by atoms with van der Waals surface area (Å²) >= 11 is 1.37. The van der Waals surface area contributed by atoms with Gasteiger partial charge in [0, 0.05) is 44.6 Å². The van der Waals surface area contributed by atoms with Crippen LogP contribution in [0.3, 0.4) is 0 Å². The third-order valence-corrected chi connectivity index (χ3v) is 6.42. The second-order valence-corrected chi connectivity index (χ2v) is 8.47. The van der Waals surface area contributed by atoms with E-state index in [0.717, 1.165) is 12.8 Å². The van der Waals surface area contributed by atoms with Gasteiger partial charge in [0.1, 0.15) is 0 Å². The number of fused-ring (bicyclic) bond motifs is 1. The van der Waals surface area contributed by atoms with Gasteiger partial charge in [-0.05, 0) is 31.0 Å². The molecule has 9 heteroatoms. The lowest BCUT2D eigenvalue weighted by atomic mass is 10.2. The van der Waals surface area contributed by atoms with Gasteiger partial charge in [-0.25, -0.2) is 15.0 Å². The Morgan fingerprint density at radius 3 is 2.50 bits per heavy atom. The van der Waals surface area contributed by atoms with Gasteiger partial charge in [-0.15, -0.1) is 0 Å². The standard InChI is InChI=1S/C21H22N6O2S/c28-18(25-10-12-26(13-11-25)20-22-8-3-9-23-20)14-30-21-24-17-5-2-1-4-16(17)19(29)27(21)15-6-7-15/h1-5,8-9,15H,6-7,10-14H2. The van der Waals surface area contributed by atoms with E-state index >= 15 is 0 Å². The van der Waals surface area contributed by atoms with Crippen molar-refractivity contribution in [2.75, 3.05) is 36.8 Å². The van der Waals surface area contributed by atoms with Crippen LogP contribution in [0.4, 0.5) is 5.95 Å². The van der Waals surface area contributed by atoms with Gasteiger partial charge in [-0.1, -0.05) is 23.9 Å². The average Bonchev–Trinajstić information content (AvgIpc) is 3.63. The van der Waals surface area contributed by atoms with Crippen molar-refractivity contribution in [3.05, 3.63) is 53.1 Å². The van der Waals surface area contributed by atoms with Gasteiger partial charge in [0.2, 0.25) is 11.9 Å². The number of carbonyl (C=O) groups is 1. The molecule has 0 spiro atoms. The predicted octanol–water partition coefficient (Wildman–Crippen LogP) is 1.96. The first-order valence-electron chi connectivity index (χ1n) is 10.1. The van der Waals surface area contributed by atoms with Crippen LogP contribution in [0.1, 0.15) is 18.9 Å². The molecule has 30 heavy (non-hydrogen) atoms. The zero-order valence-electron chi connectivity index (χ0n) is 16.5. The van der Waals surface area contributed by atoms with Crippen LogP contribution in [0.25, 0.3) is 10.9 Å². The highest BCUT2D eigenvalue weighted by Crippen LogP contribution is 2.36. The minimum atomic E-state index is -0.00507. The van der Waals surface area contributed by atoms with Crippen LogP contribution in [0, 0.1) is 0 Å². The number of anilines is 1. The molecule has 3 aromatic rings. The number of nitrogens with zero attached hydrogens (tertiary/aromatic N) is 6. The molecule has 0 radical (unpaired) electrons. The van der Waals surface area contributed by atoms with Crippen molar-refractivity contribution < 1.29 is 4.79 Å². The maximum atomic E-state index is 12.9. The number of carbonyl (C=O) groups excluding carboxylic acids is 1. The molecular formula is C21H22N6O2S. The largest absolute Gasteiger partial charge is 0.338 e. The number of benzene rings is 1. The van der Waals surface area contributed by atoms with Crippen LogP contribution >= 0.6 is 11.8 Å². The lowest BCUT2D eigenvalue weighted by Gasteiger charge is -2.34. The fourth-order valence-corrected chi connectivity index (χ4v) is 4.68. The fourth-order valence-electron chi connectivity index (χ4n) is 3.71.